The summed E-state index contributed by atoms with van der Waals surface area (Å²) in [5.74, 6) is 1.18. The van der Waals surface area contributed by atoms with Gasteiger partial charge in [-0.1, -0.05) is 75.9 Å². The van der Waals surface area contributed by atoms with E-state index < -0.39 is 0 Å². The Morgan fingerprint density at radius 3 is 2.20 bits per heavy atom. The van der Waals surface area contributed by atoms with E-state index in [9.17, 15) is 0 Å². The van der Waals surface area contributed by atoms with Gasteiger partial charge in [0.15, 0.2) is 0 Å². The SMILES string of the molecule is CCCCOC[C@@]12C[C@@H]1[C@H](OCCCC)[C@@H](OCCCC)[C@H](c1ccc(Cl)c(Cc3ccc(OCC)cc3)c1)O2. The molecule has 2 fully saturated rings. The van der Waals surface area contributed by atoms with Gasteiger partial charge in [-0.15, -0.1) is 0 Å². The standard InChI is InChI=1S/C34H49ClO5/c1-5-9-18-36-24-34-23-29(34)32(38-19-10-6-2)33(39-20-11-7-3)31(40-34)26-14-17-30(35)27(22-26)21-25-12-15-28(16-13-25)37-8-4/h12-17,22,29,31-33H,5-11,18-21,23-24H2,1-4H3/t29-,31+,32+,33+,34+/m1/s1. The fourth-order valence-electron chi connectivity index (χ4n) is 5.65. The van der Waals surface area contributed by atoms with E-state index in [1.54, 1.807) is 0 Å². The van der Waals surface area contributed by atoms with Crippen LogP contribution < -0.4 is 4.74 Å². The van der Waals surface area contributed by atoms with Gasteiger partial charge in [0.1, 0.15) is 18.0 Å². The van der Waals surface area contributed by atoms with E-state index in [1.807, 2.05) is 25.1 Å². The Morgan fingerprint density at radius 1 is 0.850 bits per heavy atom. The highest BCUT2D eigenvalue weighted by atomic mass is 35.5. The maximum atomic E-state index is 6.99. The number of rotatable bonds is 18. The number of ether oxygens (including phenoxy) is 5. The maximum Gasteiger partial charge on any atom is 0.119 e. The van der Waals surface area contributed by atoms with E-state index in [2.05, 4.69) is 45.0 Å². The second-order valence-corrected chi connectivity index (χ2v) is 11.7. The van der Waals surface area contributed by atoms with Gasteiger partial charge >= 0.3 is 0 Å². The summed E-state index contributed by atoms with van der Waals surface area (Å²) in [6.07, 6.45) is 7.71. The largest absolute Gasteiger partial charge is 0.494 e. The molecule has 4 rings (SSSR count). The molecule has 6 heteroatoms. The molecule has 0 aromatic heterocycles. The van der Waals surface area contributed by atoms with E-state index in [4.69, 9.17) is 35.3 Å². The minimum atomic E-state index is -0.311. The molecule has 1 saturated heterocycles. The van der Waals surface area contributed by atoms with E-state index in [0.29, 0.717) is 25.7 Å². The van der Waals surface area contributed by atoms with Gasteiger partial charge in [0, 0.05) is 30.8 Å². The lowest BCUT2D eigenvalue weighted by Gasteiger charge is -2.41. The van der Waals surface area contributed by atoms with Gasteiger partial charge in [-0.05, 0) is 73.9 Å². The molecule has 2 aromatic rings. The second-order valence-electron chi connectivity index (χ2n) is 11.3. The van der Waals surface area contributed by atoms with Crippen molar-refractivity contribution in [1.29, 1.82) is 0 Å². The quantitative estimate of drug-likeness (QED) is 0.168. The fraction of sp³-hybridized carbons (Fsp3) is 0.647. The minimum absolute atomic E-state index is 0.0119. The molecule has 0 unspecified atom stereocenters. The minimum Gasteiger partial charge on any atom is -0.494 e. The molecule has 1 aliphatic heterocycles. The third kappa shape index (κ3) is 8.01. The van der Waals surface area contributed by atoms with Crippen LogP contribution in [0, 0.1) is 5.92 Å². The number of hydrogen-bond acceptors (Lipinski definition) is 5. The summed E-state index contributed by atoms with van der Waals surface area (Å²) in [6.45, 7) is 12.1. The van der Waals surface area contributed by atoms with Crippen molar-refractivity contribution in [2.75, 3.05) is 33.0 Å². The molecule has 0 N–H and O–H groups in total. The molecular formula is C34H49ClO5. The highest BCUT2D eigenvalue weighted by molar-refractivity contribution is 6.31. The third-order valence-electron chi connectivity index (χ3n) is 8.09. The summed E-state index contributed by atoms with van der Waals surface area (Å²) in [7, 11) is 0. The summed E-state index contributed by atoms with van der Waals surface area (Å²) >= 11 is 6.74. The Labute approximate surface area is 246 Å². The molecule has 5 atom stereocenters. The monoisotopic (exact) mass is 572 g/mol. The molecule has 1 heterocycles. The van der Waals surface area contributed by atoms with Gasteiger partial charge < -0.3 is 23.7 Å². The average molecular weight is 573 g/mol. The Bertz CT molecular complexity index is 1030. The molecule has 0 radical (unpaired) electrons. The molecule has 5 nitrogen and oxygen atoms in total. The van der Waals surface area contributed by atoms with Crippen molar-refractivity contribution in [2.45, 2.75) is 103 Å². The smallest absolute Gasteiger partial charge is 0.119 e. The van der Waals surface area contributed by atoms with Gasteiger partial charge in [-0.25, -0.2) is 0 Å². The summed E-state index contributed by atoms with van der Waals surface area (Å²) in [5.41, 5.74) is 3.05. The van der Waals surface area contributed by atoms with E-state index in [-0.39, 0.29) is 23.9 Å². The number of hydrogen-bond donors (Lipinski definition) is 0. The van der Waals surface area contributed by atoms with Gasteiger partial charge in [-0.3, -0.25) is 0 Å². The molecule has 2 aromatic carbocycles. The summed E-state index contributed by atoms with van der Waals surface area (Å²) in [4.78, 5) is 0. The molecule has 0 bridgehead atoms. The van der Waals surface area contributed by atoms with Gasteiger partial charge in [0.2, 0.25) is 0 Å². The molecule has 1 aliphatic carbocycles. The van der Waals surface area contributed by atoms with Crippen molar-refractivity contribution in [1.82, 2.24) is 0 Å². The predicted molar refractivity (Wildman–Crippen MR) is 162 cm³/mol. The third-order valence-corrected chi connectivity index (χ3v) is 8.46. The fourth-order valence-corrected chi connectivity index (χ4v) is 5.84. The zero-order chi connectivity index (χ0) is 28.4. The lowest BCUT2D eigenvalue weighted by Crippen LogP contribution is -2.49. The first-order valence-electron chi connectivity index (χ1n) is 15.5. The predicted octanol–water partition coefficient (Wildman–Crippen LogP) is 8.35. The van der Waals surface area contributed by atoms with E-state index >= 15 is 0 Å². The zero-order valence-electron chi connectivity index (χ0n) is 25.0. The molecule has 1 saturated carbocycles. The van der Waals surface area contributed by atoms with Crippen LogP contribution in [0.5, 0.6) is 5.75 Å². The van der Waals surface area contributed by atoms with Gasteiger partial charge in [-0.2, -0.15) is 0 Å². The van der Waals surface area contributed by atoms with Crippen molar-refractivity contribution in [3.8, 4) is 5.75 Å². The number of benzene rings is 2. The molecular weight excluding hydrogens is 524 g/mol. The Kier molecular flexibility index (Phi) is 12.2. The summed E-state index contributed by atoms with van der Waals surface area (Å²) in [6, 6.07) is 14.6. The number of halogens is 1. The molecule has 2 aliphatic rings. The van der Waals surface area contributed by atoms with E-state index in [0.717, 1.165) is 86.5 Å². The maximum absolute atomic E-state index is 6.99. The van der Waals surface area contributed by atoms with Crippen molar-refractivity contribution >= 4 is 11.6 Å². The van der Waals surface area contributed by atoms with Crippen LogP contribution in [0.15, 0.2) is 42.5 Å². The van der Waals surface area contributed by atoms with Crippen LogP contribution in [-0.2, 0) is 25.4 Å². The topological polar surface area (TPSA) is 46.2 Å². The molecule has 0 spiro atoms. The van der Waals surface area contributed by atoms with Crippen molar-refractivity contribution in [3.63, 3.8) is 0 Å². The second kappa shape index (κ2) is 15.6. The average Bonchev–Trinajstić information content (AvgIpc) is 3.68. The van der Waals surface area contributed by atoms with Crippen LogP contribution >= 0.6 is 11.6 Å². The van der Waals surface area contributed by atoms with Crippen LogP contribution in [-0.4, -0.2) is 50.8 Å². The lowest BCUT2D eigenvalue weighted by atomic mass is 9.91. The highest BCUT2D eigenvalue weighted by Crippen LogP contribution is 2.59. The normalized spacial score (nSPS) is 25.5. The number of unbranched alkanes of at least 4 members (excludes halogenated alkanes) is 3. The lowest BCUT2D eigenvalue weighted by molar-refractivity contribution is -0.218. The van der Waals surface area contributed by atoms with Gasteiger partial charge in [0.05, 0.1) is 24.9 Å². The van der Waals surface area contributed by atoms with Crippen LogP contribution in [0.3, 0.4) is 0 Å². The first-order chi connectivity index (χ1) is 19.5. The number of fused-ring (bicyclic) bond motifs is 1. The Hall–Kier alpha value is -1.63. The van der Waals surface area contributed by atoms with Crippen LogP contribution in [0.25, 0.3) is 0 Å². The summed E-state index contributed by atoms with van der Waals surface area (Å²) in [5, 5.41) is 0.759. The zero-order valence-corrected chi connectivity index (χ0v) is 25.7. The van der Waals surface area contributed by atoms with Crippen LogP contribution in [0.1, 0.15) is 95.4 Å². The first kappa shape index (κ1) is 31.3. The van der Waals surface area contributed by atoms with E-state index in [1.165, 1.54) is 5.56 Å². The van der Waals surface area contributed by atoms with Crippen LogP contribution in [0.4, 0.5) is 0 Å². The van der Waals surface area contributed by atoms with Crippen molar-refractivity contribution in [2.24, 2.45) is 5.92 Å². The Balaban J connectivity index is 1.60. The van der Waals surface area contributed by atoms with Crippen LogP contribution in [0.2, 0.25) is 5.02 Å². The van der Waals surface area contributed by atoms with Gasteiger partial charge in [0.25, 0.3) is 0 Å². The van der Waals surface area contributed by atoms with Crippen molar-refractivity contribution in [3.05, 3.63) is 64.2 Å². The first-order valence-corrected chi connectivity index (χ1v) is 15.9. The van der Waals surface area contributed by atoms with Crippen molar-refractivity contribution < 1.29 is 23.7 Å². The summed E-state index contributed by atoms with van der Waals surface area (Å²) < 4.78 is 32.0. The molecule has 0 amide bonds. The molecule has 40 heavy (non-hydrogen) atoms. The molecule has 222 valence electrons. The highest BCUT2D eigenvalue weighted by Gasteiger charge is 2.67. The Morgan fingerprint density at radius 2 is 1.52 bits per heavy atom.